The zero-order valence-corrected chi connectivity index (χ0v) is 10.9. The number of phenols is 1. The van der Waals surface area contributed by atoms with E-state index >= 15 is 0 Å². The van der Waals surface area contributed by atoms with Gasteiger partial charge in [-0.25, -0.2) is 4.39 Å². The molecular weight excluding hydrogens is 250 g/mol. The van der Waals surface area contributed by atoms with Crippen molar-refractivity contribution in [2.24, 2.45) is 0 Å². The summed E-state index contributed by atoms with van der Waals surface area (Å²) in [6.07, 6.45) is 0. The van der Waals surface area contributed by atoms with E-state index in [1.807, 2.05) is 13.8 Å². The van der Waals surface area contributed by atoms with Crippen molar-refractivity contribution in [3.63, 3.8) is 0 Å². The van der Waals surface area contributed by atoms with Crippen LogP contribution in [-0.4, -0.2) is 5.11 Å². The molecule has 0 unspecified atom stereocenters. The summed E-state index contributed by atoms with van der Waals surface area (Å²) in [5.74, 6) is -1.87. The Kier molecular flexibility index (Phi) is 3.42. The molecule has 0 radical (unpaired) electrons. The van der Waals surface area contributed by atoms with E-state index in [9.17, 15) is 13.9 Å². The lowest BCUT2D eigenvalue weighted by atomic mass is 10.1. The van der Waals surface area contributed by atoms with Gasteiger partial charge in [0.05, 0.1) is 0 Å². The molecule has 0 atom stereocenters. The molecule has 1 aromatic heterocycles. The maximum atomic E-state index is 13.8. The molecule has 0 fully saturated rings. The lowest BCUT2D eigenvalue weighted by Crippen LogP contribution is -1.80. The number of furan rings is 1. The van der Waals surface area contributed by atoms with E-state index in [-0.39, 0.29) is 11.2 Å². The molecule has 0 aliphatic carbocycles. The van der Waals surface area contributed by atoms with Gasteiger partial charge in [0, 0.05) is 10.8 Å². The van der Waals surface area contributed by atoms with Crippen LogP contribution < -0.4 is 0 Å². The number of fused-ring (bicyclic) bond motifs is 3. The van der Waals surface area contributed by atoms with Crippen LogP contribution in [0.15, 0.2) is 28.7 Å². The molecule has 1 heterocycles. The first-order valence-corrected chi connectivity index (χ1v) is 6.08. The van der Waals surface area contributed by atoms with Crippen molar-refractivity contribution >= 4 is 21.9 Å². The van der Waals surface area contributed by atoms with E-state index in [0.717, 1.165) is 0 Å². The van der Waals surface area contributed by atoms with Crippen molar-refractivity contribution in [2.75, 3.05) is 0 Å². The Hall–Kier alpha value is -2.10. The quantitative estimate of drug-likeness (QED) is 0.626. The summed E-state index contributed by atoms with van der Waals surface area (Å²) in [6.45, 7) is 5.61. The van der Waals surface area contributed by atoms with Crippen LogP contribution in [0.4, 0.5) is 8.78 Å². The third kappa shape index (κ3) is 1.93. The summed E-state index contributed by atoms with van der Waals surface area (Å²) in [6, 6.07) is 6.02. The first kappa shape index (κ1) is 13.3. The monoisotopic (exact) mass is 264 g/mol. The lowest BCUT2D eigenvalue weighted by Gasteiger charge is -1.95. The van der Waals surface area contributed by atoms with Gasteiger partial charge in [-0.2, -0.15) is 4.39 Å². The largest absolute Gasteiger partial charge is 0.505 e. The molecule has 0 saturated carbocycles. The predicted octanol–water partition coefficient (Wildman–Crippen LogP) is 4.90. The number of hydrogen-bond donors (Lipinski definition) is 1. The number of aromatic hydroxyl groups is 1. The molecule has 0 spiro atoms. The molecule has 100 valence electrons. The van der Waals surface area contributed by atoms with Gasteiger partial charge in [-0.1, -0.05) is 26.0 Å². The smallest absolute Gasteiger partial charge is 0.207 e. The van der Waals surface area contributed by atoms with Crippen LogP contribution in [0.25, 0.3) is 21.9 Å². The van der Waals surface area contributed by atoms with Crippen LogP contribution in [-0.2, 0) is 0 Å². The van der Waals surface area contributed by atoms with Crippen molar-refractivity contribution in [2.45, 2.75) is 20.8 Å². The van der Waals surface area contributed by atoms with Crippen molar-refractivity contribution < 1.29 is 18.3 Å². The predicted molar refractivity (Wildman–Crippen MR) is 71.4 cm³/mol. The number of benzene rings is 2. The molecule has 2 nitrogen and oxygen atoms in total. The third-order valence-electron chi connectivity index (χ3n) is 2.86. The van der Waals surface area contributed by atoms with E-state index in [2.05, 4.69) is 0 Å². The van der Waals surface area contributed by atoms with Gasteiger partial charge < -0.3 is 9.52 Å². The maximum absolute atomic E-state index is 13.8. The van der Waals surface area contributed by atoms with Crippen LogP contribution in [0.5, 0.6) is 5.75 Å². The minimum absolute atomic E-state index is 0.0181. The lowest BCUT2D eigenvalue weighted by molar-refractivity contribution is 0.430. The van der Waals surface area contributed by atoms with Gasteiger partial charge in [-0.15, -0.1) is 0 Å². The highest BCUT2D eigenvalue weighted by Crippen LogP contribution is 2.35. The standard InChI is InChI=1S/C13H8F2O2.C2H6/c1-6-2-3-7-8-4-5-9(16)11(15)13(8)17-12(7)10(6)14;1-2/h2-5,16H,1H3;1-2H3. The number of phenolic OH excluding ortho intramolecular Hbond substituents is 1. The van der Waals surface area contributed by atoms with Gasteiger partial charge >= 0.3 is 0 Å². The first-order chi connectivity index (χ1) is 9.09. The topological polar surface area (TPSA) is 33.4 Å². The fraction of sp³-hybridized carbons (Fsp3) is 0.200. The second-order valence-electron chi connectivity index (χ2n) is 3.95. The number of hydrogen-bond acceptors (Lipinski definition) is 2. The molecule has 0 bridgehead atoms. The highest BCUT2D eigenvalue weighted by Gasteiger charge is 2.17. The van der Waals surface area contributed by atoms with Crippen molar-refractivity contribution in [3.8, 4) is 5.75 Å². The molecule has 0 saturated heterocycles. The van der Waals surface area contributed by atoms with Gasteiger partial charge in [0.2, 0.25) is 5.82 Å². The average Bonchev–Trinajstić information content (AvgIpc) is 2.81. The van der Waals surface area contributed by atoms with Crippen LogP contribution in [0.2, 0.25) is 0 Å². The van der Waals surface area contributed by atoms with E-state index in [1.54, 1.807) is 19.1 Å². The maximum Gasteiger partial charge on any atom is 0.207 e. The summed E-state index contributed by atoms with van der Waals surface area (Å²) in [5.41, 5.74) is 0.329. The first-order valence-electron chi connectivity index (χ1n) is 6.08. The third-order valence-corrected chi connectivity index (χ3v) is 2.86. The van der Waals surface area contributed by atoms with E-state index in [4.69, 9.17) is 4.42 Å². The van der Waals surface area contributed by atoms with Gasteiger partial charge in [-0.3, -0.25) is 0 Å². The second-order valence-corrected chi connectivity index (χ2v) is 3.95. The van der Waals surface area contributed by atoms with Crippen molar-refractivity contribution in [3.05, 3.63) is 41.5 Å². The van der Waals surface area contributed by atoms with Crippen LogP contribution in [0.3, 0.4) is 0 Å². The summed E-state index contributed by atoms with van der Waals surface area (Å²) in [7, 11) is 0. The van der Waals surface area contributed by atoms with E-state index in [1.165, 1.54) is 12.1 Å². The van der Waals surface area contributed by atoms with Crippen LogP contribution in [0.1, 0.15) is 19.4 Å². The molecule has 0 aliphatic heterocycles. The number of rotatable bonds is 0. The Labute approximate surface area is 109 Å². The van der Waals surface area contributed by atoms with Gasteiger partial charge in [0.15, 0.2) is 22.7 Å². The zero-order valence-electron chi connectivity index (χ0n) is 10.9. The molecule has 1 N–H and O–H groups in total. The van der Waals surface area contributed by atoms with E-state index in [0.29, 0.717) is 16.3 Å². The van der Waals surface area contributed by atoms with Gasteiger partial charge in [0.25, 0.3) is 0 Å². The number of aryl methyl sites for hydroxylation is 1. The summed E-state index contributed by atoms with van der Waals surface area (Å²) < 4.78 is 32.6. The van der Waals surface area contributed by atoms with Gasteiger partial charge in [-0.05, 0) is 24.6 Å². The molecule has 4 heteroatoms. The Morgan fingerprint density at radius 2 is 1.42 bits per heavy atom. The second kappa shape index (κ2) is 4.88. The highest BCUT2D eigenvalue weighted by molar-refractivity contribution is 6.05. The van der Waals surface area contributed by atoms with Crippen molar-refractivity contribution in [1.82, 2.24) is 0 Å². The van der Waals surface area contributed by atoms with Crippen LogP contribution >= 0.6 is 0 Å². The minimum Gasteiger partial charge on any atom is -0.505 e. The van der Waals surface area contributed by atoms with Crippen LogP contribution in [0, 0.1) is 18.6 Å². The summed E-state index contributed by atoms with van der Waals surface area (Å²) in [4.78, 5) is 0. The molecule has 0 aliphatic rings. The Morgan fingerprint density at radius 1 is 0.895 bits per heavy atom. The Bertz CT molecular complexity index is 683. The fourth-order valence-electron chi connectivity index (χ4n) is 1.93. The summed E-state index contributed by atoms with van der Waals surface area (Å²) in [5, 5.41) is 10.2. The highest BCUT2D eigenvalue weighted by atomic mass is 19.1. The molecule has 0 amide bonds. The molecule has 2 aromatic carbocycles. The van der Waals surface area contributed by atoms with Gasteiger partial charge in [0.1, 0.15) is 0 Å². The average molecular weight is 264 g/mol. The fourth-order valence-corrected chi connectivity index (χ4v) is 1.93. The molecule has 3 rings (SSSR count). The molecule has 19 heavy (non-hydrogen) atoms. The molecule has 3 aromatic rings. The molecular formula is C15H14F2O2. The zero-order chi connectivity index (χ0) is 14.2. The minimum atomic E-state index is -0.865. The SMILES string of the molecule is CC.Cc1ccc2c(oc3c(F)c(O)ccc32)c1F. The normalized spacial score (nSPS) is 10.6. The Balaban J connectivity index is 0.000000637. The van der Waals surface area contributed by atoms with E-state index < -0.39 is 17.4 Å². The number of halogens is 2. The Morgan fingerprint density at radius 3 is 2.05 bits per heavy atom. The van der Waals surface area contributed by atoms with Crippen molar-refractivity contribution in [1.29, 1.82) is 0 Å². The summed E-state index contributed by atoms with van der Waals surface area (Å²) >= 11 is 0.